The smallest absolute Gasteiger partial charge is 0.271 e. The van der Waals surface area contributed by atoms with Crippen molar-refractivity contribution in [2.45, 2.75) is 13.5 Å². The van der Waals surface area contributed by atoms with E-state index in [-0.39, 0.29) is 5.91 Å². The number of carbonyl (C=O) groups excluding carboxylic acids is 1. The molecule has 5 nitrogen and oxygen atoms in total. The first kappa shape index (κ1) is 20.2. The van der Waals surface area contributed by atoms with E-state index in [2.05, 4.69) is 22.7 Å². The zero-order valence-electron chi connectivity index (χ0n) is 17.1. The van der Waals surface area contributed by atoms with Gasteiger partial charge in [-0.05, 0) is 48.4 Å². The van der Waals surface area contributed by atoms with Crippen LogP contribution in [0, 0.1) is 0 Å². The molecular weight excluding hydrogens is 388 g/mol. The van der Waals surface area contributed by atoms with E-state index in [0.717, 1.165) is 22.4 Å². The van der Waals surface area contributed by atoms with Crippen LogP contribution in [0.4, 0.5) is 0 Å². The van der Waals surface area contributed by atoms with Gasteiger partial charge in [0.05, 0.1) is 6.26 Å². The summed E-state index contributed by atoms with van der Waals surface area (Å²) in [6, 6.07) is 28.9. The molecule has 0 saturated heterocycles. The Morgan fingerprint density at radius 2 is 1.65 bits per heavy atom. The topological polar surface area (TPSA) is 63.8 Å². The zero-order valence-corrected chi connectivity index (χ0v) is 17.1. The molecule has 0 unspecified atom stereocenters. The number of ether oxygens (including phenoxy) is 1. The van der Waals surface area contributed by atoms with Gasteiger partial charge in [0.1, 0.15) is 23.8 Å². The number of hydrogen-bond acceptors (Lipinski definition) is 4. The van der Waals surface area contributed by atoms with Gasteiger partial charge in [-0.2, -0.15) is 5.10 Å². The average Bonchev–Trinajstić information content (AvgIpc) is 3.37. The summed E-state index contributed by atoms with van der Waals surface area (Å²) in [6.45, 7) is 2.17. The molecule has 3 aromatic carbocycles. The lowest BCUT2D eigenvalue weighted by molar-refractivity contribution is 0.0954. The third-order valence-corrected chi connectivity index (χ3v) is 4.79. The van der Waals surface area contributed by atoms with Crippen LogP contribution in [0.2, 0.25) is 0 Å². The first-order valence-electron chi connectivity index (χ1n) is 9.95. The Balaban J connectivity index is 1.39. The number of para-hydroxylation sites is 1. The molecule has 5 heteroatoms. The van der Waals surface area contributed by atoms with Crippen molar-refractivity contribution >= 4 is 11.6 Å². The standard InChI is InChI=1S/C26H22N2O3/c1-19(24-12-7-17-30-24)27-28-26(29)22-15-13-20(14-16-22)18-31-25-11-6-5-10-23(25)21-8-3-2-4-9-21/h2-17H,18H2,1H3,(H,28,29). The van der Waals surface area contributed by atoms with Crippen molar-refractivity contribution in [1.82, 2.24) is 5.43 Å². The third-order valence-electron chi connectivity index (χ3n) is 4.79. The molecule has 4 rings (SSSR count). The lowest BCUT2D eigenvalue weighted by Crippen LogP contribution is -2.19. The summed E-state index contributed by atoms with van der Waals surface area (Å²) < 4.78 is 11.3. The van der Waals surface area contributed by atoms with Crippen molar-refractivity contribution < 1.29 is 13.9 Å². The van der Waals surface area contributed by atoms with Crippen molar-refractivity contribution in [3.05, 3.63) is 114 Å². The van der Waals surface area contributed by atoms with Crippen LogP contribution < -0.4 is 10.2 Å². The van der Waals surface area contributed by atoms with E-state index in [1.54, 1.807) is 37.5 Å². The predicted molar refractivity (Wildman–Crippen MR) is 121 cm³/mol. The van der Waals surface area contributed by atoms with Crippen LogP contribution in [-0.2, 0) is 6.61 Å². The molecule has 0 bridgehead atoms. The fraction of sp³-hybridized carbons (Fsp3) is 0.0769. The molecule has 0 aliphatic rings. The number of rotatable bonds is 7. The van der Waals surface area contributed by atoms with Crippen molar-refractivity contribution in [3.8, 4) is 16.9 Å². The Hall–Kier alpha value is -4.12. The number of hydrogen-bond donors (Lipinski definition) is 1. The van der Waals surface area contributed by atoms with Crippen LogP contribution in [-0.4, -0.2) is 11.6 Å². The Morgan fingerprint density at radius 3 is 2.39 bits per heavy atom. The third kappa shape index (κ3) is 5.08. The van der Waals surface area contributed by atoms with Gasteiger partial charge in [0.2, 0.25) is 0 Å². The van der Waals surface area contributed by atoms with Crippen molar-refractivity contribution in [3.63, 3.8) is 0 Å². The van der Waals surface area contributed by atoms with E-state index in [0.29, 0.717) is 23.6 Å². The maximum absolute atomic E-state index is 12.3. The Kier molecular flexibility index (Phi) is 6.24. The summed E-state index contributed by atoms with van der Waals surface area (Å²) in [5, 5.41) is 4.08. The number of hydrazone groups is 1. The molecule has 0 fully saturated rings. The molecule has 0 spiro atoms. The van der Waals surface area contributed by atoms with Crippen LogP contribution in [0.5, 0.6) is 5.75 Å². The van der Waals surface area contributed by atoms with Gasteiger partial charge >= 0.3 is 0 Å². The summed E-state index contributed by atoms with van der Waals surface area (Å²) in [5.41, 5.74) is 6.78. The minimum absolute atomic E-state index is 0.284. The van der Waals surface area contributed by atoms with Crippen LogP contribution in [0.1, 0.15) is 28.6 Å². The van der Waals surface area contributed by atoms with E-state index >= 15 is 0 Å². The minimum Gasteiger partial charge on any atom is -0.488 e. The molecule has 0 atom stereocenters. The van der Waals surface area contributed by atoms with Crippen LogP contribution >= 0.6 is 0 Å². The molecule has 1 heterocycles. The van der Waals surface area contributed by atoms with E-state index in [1.807, 2.05) is 54.6 Å². The quantitative estimate of drug-likeness (QED) is 0.315. The normalized spacial score (nSPS) is 11.2. The number of nitrogens with zero attached hydrogens (tertiary/aromatic N) is 1. The monoisotopic (exact) mass is 410 g/mol. The predicted octanol–water partition coefficient (Wildman–Crippen LogP) is 5.68. The van der Waals surface area contributed by atoms with Crippen molar-refractivity contribution in [2.24, 2.45) is 5.10 Å². The Morgan fingerprint density at radius 1 is 0.903 bits per heavy atom. The molecular formula is C26H22N2O3. The molecule has 31 heavy (non-hydrogen) atoms. The van der Waals surface area contributed by atoms with E-state index < -0.39 is 0 Å². The lowest BCUT2D eigenvalue weighted by atomic mass is 10.0. The molecule has 4 aromatic rings. The largest absolute Gasteiger partial charge is 0.488 e. The molecule has 0 aliphatic carbocycles. The first-order chi connectivity index (χ1) is 15.2. The molecule has 0 aliphatic heterocycles. The highest BCUT2D eigenvalue weighted by atomic mass is 16.5. The van der Waals surface area contributed by atoms with Gasteiger partial charge < -0.3 is 9.15 Å². The van der Waals surface area contributed by atoms with E-state index in [4.69, 9.17) is 9.15 Å². The zero-order chi connectivity index (χ0) is 21.5. The first-order valence-corrected chi connectivity index (χ1v) is 9.95. The molecule has 1 N–H and O–H groups in total. The number of carbonyl (C=O) groups is 1. The molecule has 0 saturated carbocycles. The number of furan rings is 1. The van der Waals surface area contributed by atoms with Gasteiger partial charge in [0, 0.05) is 11.1 Å². The van der Waals surface area contributed by atoms with Gasteiger partial charge in [-0.25, -0.2) is 5.43 Å². The molecule has 1 aromatic heterocycles. The molecule has 0 radical (unpaired) electrons. The second-order valence-corrected chi connectivity index (χ2v) is 6.96. The van der Waals surface area contributed by atoms with Gasteiger partial charge in [-0.15, -0.1) is 0 Å². The number of benzene rings is 3. The van der Waals surface area contributed by atoms with Crippen LogP contribution in [0.15, 0.2) is 107 Å². The van der Waals surface area contributed by atoms with E-state index in [1.165, 1.54) is 0 Å². The second kappa shape index (κ2) is 9.59. The van der Waals surface area contributed by atoms with Gasteiger partial charge in [0.15, 0.2) is 0 Å². The summed E-state index contributed by atoms with van der Waals surface area (Å²) in [6.07, 6.45) is 1.56. The number of nitrogens with one attached hydrogen (secondary N) is 1. The van der Waals surface area contributed by atoms with Crippen LogP contribution in [0.25, 0.3) is 11.1 Å². The SMILES string of the molecule is CC(=NNC(=O)c1ccc(COc2ccccc2-c2ccccc2)cc1)c1ccco1. The summed E-state index contributed by atoms with van der Waals surface area (Å²) in [7, 11) is 0. The molecule has 1 amide bonds. The lowest BCUT2D eigenvalue weighted by Gasteiger charge is -2.12. The van der Waals surface area contributed by atoms with Crippen molar-refractivity contribution in [1.29, 1.82) is 0 Å². The Labute approximate surface area is 181 Å². The minimum atomic E-state index is -0.284. The maximum Gasteiger partial charge on any atom is 0.271 e. The fourth-order valence-corrected chi connectivity index (χ4v) is 3.10. The summed E-state index contributed by atoms with van der Waals surface area (Å²) in [5.74, 6) is 1.15. The van der Waals surface area contributed by atoms with E-state index in [9.17, 15) is 4.79 Å². The Bertz CT molecular complexity index is 1170. The van der Waals surface area contributed by atoms with Crippen molar-refractivity contribution in [2.75, 3.05) is 0 Å². The highest BCUT2D eigenvalue weighted by Gasteiger charge is 2.08. The van der Waals surface area contributed by atoms with Gasteiger partial charge in [0.25, 0.3) is 5.91 Å². The van der Waals surface area contributed by atoms with Gasteiger partial charge in [-0.1, -0.05) is 60.7 Å². The van der Waals surface area contributed by atoms with Crippen LogP contribution in [0.3, 0.4) is 0 Å². The number of amides is 1. The summed E-state index contributed by atoms with van der Waals surface area (Å²) in [4.78, 5) is 12.3. The fourth-order valence-electron chi connectivity index (χ4n) is 3.10. The maximum atomic E-state index is 12.3. The molecule has 154 valence electrons. The highest BCUT2D eigenvalue weighted by Crippen LogP contribution is 2.30. The summed E-state index contributed by atoms with van der Waals surface area (Å²) >= 11 is 0. The highest BCUT2D eigenvalue weighted by molar-refractivity contribution is 5.99. The average molecular weight is 410 g/mol. The van der Waals surface area contributed by atoms with Gasteiger partial charge in [-0.3, -0.25) is 4.79 Å². The second-order valence-electron chi connectivity index (χ2n) is 6.96.